The number of carboxylic acids is 1. The second kappa shape index (κ2) is 6.41. The fourth-order valence-electron chi connectivity index (χ4n) is 1.26. The number of carbonyl (C=O) groups is 2. The van der Waals surface area contributed by atoms with E-state index in [0.29, 0.717) is 10.6 Å². The van der Waals surface area contributed by atoms with Crippen molar-refractivity contribution in [2.75, 3.05) is 6.54 Å². The normalized spacial score (nSPS) is 12.4. The van der Waals surface area contributed by atoms with Gasteiger partial charge in [-0.15, -0.1) is 5.10 Å². The fraction of sp³-hybridized carbons (Fsp3) is 0.600. The lowest BCUT2D eigenvalue weighted by atomic mass is 10.1. The number of nitrogens with zero attached hydrogens (tertiary/aromatic N) is 2. The number of rotatable bonds is 6. The first-order valence-corrected chi connectivity index (χ1v) is 6.22. The van der Waals surface area contributed by atoms with Gasteiger partial charge in [-0.25, -0.2) is 4.79 Å². The highest BCUT2D eigenvalue weighted by Crippen LogP contribution is 2.19. The van der Waals surface area contributed by atoms with Crippen molar-refractivity contribution in [3.63, 3.8) is 0 Å². The van der Waals surface area contributed by atoms with Gasteiger partial charge in [0.25, 0.3) is 5.91 Å². The molecule has 0 saturated carbocycles. The maximum Gasteiger partial charge on any atom is 0.332 e. The number of aliphatic hydroxyl groups excluding tert-OH is 1. The highest BCUT2D eigenvalue weighted by molar-refractivity contribution is 7.08. The zero-order valence-corrected chi connectivity index (χ0v) is 10.9. The predicted molar refractivity (Wildman–Crippen MR) is 64.6 cm³/mol. The average molecular weight is 273 g/mol. The van der Waals surface area contributed by atoms with Crippen LogP contribution in [0.1, 0.15) is 41.6 Å². The van der Waals surface area contributed by atoms with Crippen LogP contribution >= 0.6 is 11.5 Å². The predicted octanol–water partition coefficient (Wildman–Crippen LogP) is 0.227. The summed E-state index contributed by atoms with van der Waals surface area (Å²) >= 11 is 0.999. The standard InChI is InChI=1S/C10H15N3O4S/c1-5(2)7-8(18-13-12-7)9(15)11-4-3-6(14)10(16)17/h5-6,14H,3-4H2,1-2H3,(H,11,15)(H,16,17)/t6-/m0/s1. The quantitative estimate of drug-likeness (QED) is 0.683. The maximum atomic E-state index is 11.8. The molecule has 8 heteroatoms. The Morgan fingerprint density at radius 3 is 2.67 bits per heavy atom. The van der Waals surface area contributed by atoms with Gasteiger partial charge in [0.15, 0.2) is 6.10 Å². The van der Waals surface area contributed by atoms with Gasteiger partial charge in [-0.3, -0.25) is 4.79 Å². The van der Waals surface area contributed by atoms with Crippen LogP contribution < -0.4 is 5.32 Å². The van der Waals surface area contributed by atoms with Gasteiger partial charge in [-0.1, -0.05) is 18.3 Å². The number of hydrogen-bond donors (Lipinski definition) is 3. The van der Waals surface area contributed by atoms with E-state index in [9.17, 15) is 9.59 Å². The Kier molecular flexibility index (Phi) is 5.17. The summed E-state index contributed by atoms with van der Waals surface area (Å²) in [6, 6.07) is 0. The minimum Gasteiger partial charge on any atom is -0.479 e. The summed E-state index contributed by atoms with van der Waals surface area (Å²) < 4.78 is 3.72. The molecule has 1 heterocycles. The lowest BCUT2D eigenvalue weighted by Gasteiger charge is -2.07. The third-order valence-electron chi connectivity index (χ3n) is 2.25. The molecule has 0 aromatic carbocycles. The zero-order chi connectivity index (χ0) is 13.7. The molecule has 0 fully saturated rings. The van der Waals surface area contributed by atoms with Gasteiger partial charge in [0.05, 0.1) is 5.69 Å². The number of aliphatic carboxylic acids is 1. The van der Waals surface area contributed by atoms with E-state index < -0.39 is 12.1 Å². The molecule has 1 atom stereocenters. The Balaban J connectivity index is 2.51. The molecule has 0 aliphatic carbocycles. The lowest BCUT2D eigenvalue weighted by Crippen LogP contribution is -2.30. The number of amides is 1. The molecular formula is C10H15N3O4S. The van der Waals surface area contributed by atoms with E-state index in [4.69, 9.17) is 10.2 Å². The summed E-state index contributed by atoms with van der Waals surface area (Å²) in [5.41, 5.74) is 0.622. The number of nitrogens with one attached hydrogen (secondary N) is 1. The molecule has 1 amide bonds. The molecule has 18 heavy (non-hydrogen) atoms. The van der Waals surface area contributed by atoms with Crippen LogP contribution in [0.3, 0.4) is 0 Å². The van der Waals surface area contributed by atoms with Crippen molar-refractivity contribution in [3.8, 4) is 0 Å². The highest BCUT2D eigenvalue weighted by atomic mass is 32.1. The summed E-state index contributed by atoms with van der Waals surface area (Å²) in [5, 5.41) is 23.9. The summed E-state index contributed by atoms with van der Waals surface area (Å²) in [5.74, 6) is -1.55. The van der Waals surface area contributed by atoms with E-state index in [-0.39, 0.29) is 24.8 Å². The van der Waals surface area contributed by atoms with Crippen LogP contribution in [-0.4, -0.2) is 44.3 Å². The van der Waals surface area contributed by atoms with Gasteiger partial charge < -0.3 is 15.5 Å². The van der Waals surface area contributed by atoms with Crippen LogP contribution in [-0.2, 0) is 4.79 Å². The van der Waals surface area contributed by atoms with Crippen LogP contribution in [0, 0.1) is 0 Å². The summed E-state index contributed by atoms with van der Waals surface area (Å²) in [6.45, 7) is 3.89. The van der Waals surface area contributed by atoms with E-state index in [2.05, 4.69) is 14.9 Å². The average Bonchev–Trinajstić information content (AvgIpc) is 2.77. The van der Waals surface area contributed by atoms with Crippen molar-refractivity contribution >= 4 is 23.4 Å². The fourth-order valence-corrected chi connectivity index (χ4v) is 1.99. The maximum absolute atomic E-state index is 11.8. The number of hydrogen-bond acceptors (Lipinski definition) is 6. The van der Waals surface area contributed by atoms with E-state index in [0.717, 1.165) is 11.5 Å². The lowest BCUT2D eigenvalue weighted by molar-refractivity contribution is -0.146. The van der Waals surface area contributed by atoms with E-state index in [1.54, 1.807) is 0 Å². The molecule has 1 aromatic rings. The Labute approximate surface area is 108 Å². The Morgan fingerprint density at radius 1 is 1.44 bits per heavy atom. The van der Waals surface area contributed by atoms with E-state index in [1.165, 1.54) is 0 Å². The highest BCUT2D eigenvalue weighted by Gasteiger charge is 2.19. The van der Waals surface area contributed by atoms with E-state index in [1.807, 2.05) is 13.8 Å². The molecule has 0 spiro atoms. The van der Waals surface area contributed by atoms with Crippen molar-refractivity contribution in [3.05, 3.63) is 10.6 Å². The summed E-state index contributed by atoms with van der Waals surface area (Å²) in [6.07, 6.45) is -1.50. The van der Waals surface area contributed by atoms with Gasteiger partial charge in [-0.05, 0) is 17.5 Å². The third-order valence-corrected chi connectivity index (χ3v) is 3.00. The van der Waals surface area contributed by atoms with Gasteiger partial charge in [0.2, 0.25) is 0 Å². The van der Waals surface area contributed by atoms with Crippen LogP contribution in [0.15, 0.2) is 0 Å². The number of aromatic nitrogens is 2. The van der Waals surface area contributed by atoms with E-state index >= 15 is 0 Å². The van der Waals surface area contributed by atoms with Gasteiger partial charge in [0.1, 0.15) is 4.88 Å². The second-order valence-corrected chi connectivity index (χ2v) is 4.79. The molecule has 0 aliphatic heterocycles. The molecule has 1 aromatic heterocycles. The van der Waals surface area contributed by atoms with Crippen LogP contribution in [0.25, 0.3) is 0 Å². The molecule has 0 bridgehead atoms. The Bertz CT molecular complexity index is 433. The monoisotopic (exact) mass is 273 g/mol. The van der Waals surface area contributed by atoms with Gasteiger partial charge >= 0.3 is 5.97 Å². The Hall–Kier alpha value is -1.54. The molecule has 0 unspecified atom stereocenters. The SMILES string of the molecule is CC(C)c1nnsc1C(=O)NCC[C@H](O)C(=O)O. The molecule has 0 saturated heterocycles. The van der Waals surface area contributed by atoms with Crippen LogP contribution in [0.5, 0.6) is 0 Å². The first kappa shape index (κ1) is 14.5. The second-order valence-electron chi connectivity index (χ2n) is 4.04. The van der Waals surface area contributed by atoms with Crippen molar-refractivity contribution in [2.24, 2.45) is 0 Å². The van der Waals surface area contributed by atoms with Gasteiger partial charge in [-0.2, -0.15) is 0 Å². The molecule has 1 rings (SSSR count). The first-order chi connectivity index (χ1) is 8.43. The van der Waals surface area contributed by atoms with Crippen molar-refractivity contribution < 1.29 is 19.8 Å². The summed E-state index contributed by atoms with van der Waals surface area (Å²) in [7, 11) is 0. The molecule has 100 valence electrons. The largest absolute Gasteiger partial charge is 0.479 e. The summed E-state index contributed by atoms with van der Waals surface area (Å²) in [4.78, 5) is 22.6. The number of aliphatic hydroxyl groups is 1. The zero-order valence-electron chi connectivity index (χ0n) is 10.1. The molecule has 0 radical (unpaired) electrons. The topological polar surface area (TPSA) is 112 Å². The van der Waals surface area contributed by atoms with Crippen molar-refractivity contribution in [2.45, 2.75) is 32.3 Å². The van der Waals surface area contributed by atoms with Crippen molar-refractivity contribution in [1.29, 1.82) is 0 Å². The number of carbonyl (C=O) groups excluding carboxylic acids is 1. The van der Waals surface area contributed by atoms with Crippen molar-refractivity contribution in [1.82, 2.24) is 14.9 Å². The molecule has 0 aliphatic rings. The molecule has 7 nitrogen and oxygen atoms in total. The third kappa shape index (κ3) is 3.74. The first-order valence-electron chi connectivity index (χ1n) is 5.44. The minimum atomic E-state index is -1.46. The van der Waals surface area contributed by atoms with Gasteiger partial charge in [0, 0.05) is 13.0 Å². The van der Waals surface area contributed by atoms with Crippen LogP contribution in [0.2, 0.25) is 0 Å². The van der Waals surface area contributed by atoms with Crippen LogP contribution in [0.4, 0.5) is 0 Å². The number of carboxylic acid groups (broad SMARTS) is 1. The minimum absolute atomic E-state index is 0.0374. The molecular weight excluding hydrogens is 258 g/mol. The smallest absolute Gasteiger partial charge is 0.332 e. The molecule has 3 N–H and O–H groups in total. The Morgan fingerprint density at radius 2 is 2.11 bits per heavy atom.